The van der Waals surface area contributed by atoms with E-state index in [-0.39, 0.29) is 24.3 Å². The quantitative estimate of drug-likeness (QED) is 0.587. The first-order valence-electron chi connectivity index (χ1n) is 10.8. The van der Waals surface area contributed by atoms with Crippen LogP contribution in [0.15, 0.2) is 52.9 Å². The third-order valence-corrected chi connectivity index (χ3v) is 5.58. The summed E-state index contributed by atoms with van der Waals surface area (Å²) in [5, 5.41) is 11.0. The van der Waals surface area contributed by atoms with E-state index in [1.807, 2.05) is 30.3 Å². The average Bonchev–Trinajstić information content (AvgIpc) is 3.32. The van der Waals surface area contributed by atoms with Crippen LogP contribution < -0.4 is 14.8 Å². The number of hydrogen-bond acceptors (Lipinski definition) is 7. The number of nitrogens with zero attached hydrogens (tertiary/aromatic N) is 3. The molecule has 3 aromatic rings. The Morgan fingerprint density at radius 1 is 1.09 bits per heavy atom. The fraction of sp³-hybridized carbons (Fsp3) is 0.333. The molecule has 9 nitrogen and oxygen atoms in total. The third-order valence-electron chi connectivity index (χ3n) is 5.58. The van der Waals surface area contributed by atoms with Gasteiger partial charge in [0.05, 0.1) is 7.11 Å². The number of nitrogens with one attached hydrogen (secondary N) is 1. The molecule has 0 spiro atoms. The molecule has 2 heterocycles. The number of benzene rings is 2. The van der Waals surface area contributed by atoms with Crippen LogP contribution >= 0.6 is 0 Å². The van der Waals surface area contributed by atoms with Gasteiger partial charge in [-0.1, -0.05) is 6.07 Å². The number of ether oxygens (including phenoxy) is 2. The fourth-order valence-corrected chi connectivity index (χ4v) is 3.67. The van der Waals surface area contributed by atoms with E-state index in [0.29, 0.717) is 49.1 Å². The molecule has 33 heavy (non-hydrogen) atoms. The summed E-state index contributed by atoms with van der Waals surface area (Å²) in [6, 6.07) is 14.5. The van der Waals surface area contributed by atoms with Crippen molar-refractivity contribution in [2.24, 2.45) is 5.92 Å². The molecule has 0 unspecified atom stereocenters. The molecule has 0 bridgehead atoms. The molecule has 0 atom stereocenters. The Kier molecular flexibility index (Phi) is 6.87. The Morgan fingerprint density at radius 3 is 2.55 bits per heavy atom. The smallest absolute Gasteiger partial charge is 0.254 e. The zero-order chi connectivity index (χ0) is 23.2. The Labute approximate surface area is 191 Å². The van der Waals surface area contributed by atoms with E-state index in [4.69, 9.17) is 13.9 Å². The second kappa shape index (κ2) is 10.2. The maximum absolute atomic E-state index is 12.6. The zero-order valence-electron chi connectivity index (χ0n) is 18.6. The van der Waals surface area contributed by atoms with Crippen LogP contribution in [0.1, 0.15) is 25.7 Å². The van der Waals surface area contributed by atoms with Gasteiger partial charge in [0, 0.05) is 43.2 Å². The van der Waals surface area contributed by atoms with Crippen LogP contribution in [-0.2, 0) is 16.2 Å². The van der Waals surface area contributed by atoms with Crippen molar-refractivity contribution in [2.45, 2.75) is 26.4 Å². The SMILES string of the molecule is COc1ccc(-c2nnc(COc3cccc(NC(=O)C4CCN(C(C)=O)CC4)c3)o2)cc1. The molecule has 1 fully saturated rings. The second-order valence-corrected chi connectivity index (χ2v) is 7.82. The number of likely N-dealkylation sites (tertiary alicyclic amines) is 1. The van der Waals surface area contributed by atoms with Crippen molar-refractivity contribution in [1.82, 2.24) is 15.1 Å². The van der Waals surface area contributed by atoms with Gasteiger partial charge in [-0.15, -0.1) is 10.2 Å². The van der Waals surface area contributed by atoms with Crippen LogP contribution in [0.5, 0.6) is 11.5 Å². The molecular weight excluding hydrogens is 424 g/mol. The Morgan fingerprint density at radius 2 is 1.85 bits per heavy atom. The number of carbonyl (C=O) groups is 2. The highest BCUT2D eigenvalue weighted by molar-refractivity contribution is 5.92. The molecule has 0 aliphatic carbocycles. The summed E-state index contributed by atoms with van der Waals surface area (Å²) in [7, 11) is 1.61. The molecule has 1 N–H and O–H groups in total. The van der Waals surface area contributed by atoms with Crippen LogP contribution in [0.2, 0.25) is 0 Å². The standard InChI is InChI=1S/C24H26N4O5/c1-16(29)28-12-10-17(11-13-28)23(30)25-19-4-3-5-21(14-19)32-15-22-26-27-24(33-22)18-6-8-20(31-2)9-7-18/h3-9,14,17H,10-13,15H2,1-2H3,(H,25,30). The van der Waals surface area contributed by atoms with E-state index in [2.05, 4.69) is 15.5 Å². The van der Waals surface area contributed by atoms with Gasteiger partial charge in [0.25, 0.3) is 5.89 Å². The summed E-state index contributed by atoms with van der Waals surface area (Å²) in [6.07, 6.45) is 1.32. The van der Waals surface area contributed by atoms with E-state index in [9.17, 15) is 9.59 Å². The molecule has 0 saturated carbocycles. The molecule has 1 saturated heterocycles. The van der Waals surface area contributed by atoms with Gasteiger partial charge >= 0.3 is 0 Å². The fourth-order valence-electron chi connectivity index (χ4n) is 3.67. The molecule has 1 aliphatic heterocycles. The number of carbonyl (C=O) groups excluding carboxylic acids is 2. The van der Waals surface area contributed by atoms with Gasteiger partial charge in [0.1, 0.15) is 11.5 Å². The number of rotatable bonds is 7. The highest BCUT2D eigenvalue weighted by atomic mass is 16.5. The third kappa shape index (κ3) is 5.68. The van der Waals surface area contributed by atoms with Crippen molar-refractivity contribution in [3.05, 3.63) is 54.4 Å². The monoisotopic (exact) mass is 450 g/mol. The van der Waals surface area contributed by atoms with Crippen LogP contribution in [-0.4, -0.2) is 47.1 Å². The summed E-state index contributed by atoms with van der Waals surface area (Å²) in [6.45, 7) is 2.88. The van der Waals surface area contributed by atoms with Gasteiger partial charge in [-0.2, -0.15) is 0 Å². The molecule has 1 aliphatic rings. The van der Waals surface area contributed by atoms with Crippen LogP contribution in [0.3, 0.4) is 0 Å². The van der Waals surface area contributed by atoms with Crippen molar-refractivity contribution in [3.63, 3.8) is 0 Å². The summed E-state index contributed by atoms with van der Waals surface area (Å²) >= 11 is 0. The molecule has 1 aromatic heterocycles. The van der Waals surface area contributed by atoms with Gasteiger partial charge in [0.15, 0.2) is 6.61 Å². The number of methoxy groups -OCH3 is 1. The highest BCUT2D eigenvalue weighted by Crippen LogP contribution is 2.24. The number of aromatic nitrogens is 2. The number of anilines is 1. The Balaban J connectivity index is 1.31. The van der Waals surface area contributed by atoms with Crippen molar-refractivity contribution >= 4 is 17.5 Å². The first-order chi connectivity index (χ1) is 16.0. The molecule has 172 valence electrons. The second-order valence-electron chi connectivity index (χ2n) is 7.82. The first kappa shape index (κ1) is 22.3. The summed E-state index contributed by atoms with van der Waals surface area (Å²) in [5.74, 6) is 1.95. The van der Waals surface area contributed by atoms with E-state index < -0.39 is 0 Å². The predicted molar refractivity (Wildman–Crippen MR) is 121 cm³/mol. The lowest BCUT2D eigenvalue weighted by molar-refractivity contribution is -0.132. The van der Waals surface area contributed by atoms with E-state index in [1.54, 1.807) is 37.1 Å². The van der Waals surface area contributed by atoms with Crippen molar-refractivity contribution in [3.8, 4) is 23.0 Å². The Hall–Kier alpha value is -3.88. The molecular formula is C24H26N4O5. The average molecular weight is 450 g/mol. The molecule has 2 aromatic carbocycles. The van der Waals surface area contributed by atoms with Gasteiger partial charge in [-0.05, 0) is 49.2 Å². The Bertz CT molecular complexity index is 1100. The van der Waals surface area contributed by atoms with Gasteiger partial charge in [-0.3, -0.25) is 9.59 Å². The molecule has 4 rings (SSSR count). The van der Waals surface area contributed by atoms with Gasteiger partial charge in [0.2, 0.25) is 17.7 Å². The zero-order valence-corrected chi connectivity index (χ0v) is 18.6. The maximum Gasteiger partial charge on any atom is 0.254 e. The van der Waals surface area contributed by atoms with Gasteiger partial charge in [-0.25, -0.2) is 0 Å². The van der Waals surface area contributed by atoms with Crippen LogP contribution in [0.4, 0.5) is 5.69 Å². The van der Waals surface area contributed by atoms with Crippen molar-refractivity contribution < 1.29 is 23.5 Å². The van der Waals surface area contributed by atoms with E-state index in [0.717, 1.165) is 11.3 Å². The minimum absolute atomic E-state index is 0.0450. The van der Waals surface area contributed by atoms with E-state index >= 15 is 0 Å². The van der Waals surface area contributed by atoms with Gasteiger partial charge < -0.3 is 24.1 Å². The number of piperidine rings is 1. The molecule has 2 amide bonds. The van der Waals surface area contributed by atoms with Crippen molar-refractivity contribution in [2.75, 3.05) is 25.5 Å². The summed E-state index contributed by atoms with van der Waals surface area (Å²) < 4.78 is 16.6. The minimum atomic E-state index is -0.111. The predicted octanol–water partition coefficient (Wildman–Crippen LogP) is 3.52. The van der Waals surface area contributed by atoms with Crippen molar-refractivity contribution in [1.29, 1.82) is 0 Å². The minimum Gasteiger partial charge on any atom is -0.497 e. The molecule has 9 heteroatoms. The number of hydrogen-bond donors (Lipinski definition) is 1. The largest absolute Gasteiger partial charge is 0.497 e. The highest BCUT2D eigenvalue weighted by Gasteiger charge is 2.26. The topological polar surface area (TPSA) is 107 Å². The normalized spacial score (nSPS) is 14.1. The maximum atomic E-state index is 12.6. The summed E-state index contributed by atoms with van der Waals surface area (Å²) in [4.78, 5) is 25.8. The number of amides is 2. The molecule has 0 radical (unpaired) electrons. The lowest BCUT2D eigenvalue weighted by Gasteiger charge is -2.30. The lowest BCUT2D eigenvalue weighted by Crippen LogP contribution is -2.40. The summed E-state index contributed by atoms with van der Waals surface area (Å²) in [5.41, 5.74) is 1.43. The first-order valence-corrected chi connectivity index (χ1v) is 10.8. The van der Waals surface area contributed by atoms with E-state index in [1.165, 1.54) is 0 Å². The van der Waals surface area contributed by atoms with Crippen LogP contribution in [0, 0.1) is 5.92 Å². The van der Waals surface area contributed by atoms with Crippen LogP contribution in [0.25, 0.3) is 11.5 Å². The lowest BCUT2D eigenvalue weighted by atomic mass is 9.96.